The SMILES string of the molecule is COc1ccc(CCCc2nnc(SCC(=O)N(C3CCCCC3)C3CCCCC3)n2C)cc1C. The molecule has 2 aromatic rings. The third-order valence-electron chi connectivity index (χ3n) is 7.80. The van der Waals surface area contributed by atoms with Crippen molar-refractivity contribution in [1.82, 2.24) is 19.7 Å². The van der Waals surface area contributed by atoms with Gasteiger partial charge < -0.3 is 14.2 Å². The molecule has 192 valence electrons. The summed E-state index contributed by atoms with van der Waals surface area (Å²) >= 11 is 1.55. The molecule has 0 spiro atoms. The zero-order chi connectivity index (χ0) is 24.6. The Bertz CT molecular complexity index is 946. The van der Waals surface area contributed by atoms with Crippen LogP contribution in [-0.2, 0) is 24.7 Å². The lowest BCUT2D eigenvalue weighted by atomic mass is 9.88. The number of amides is 1. The van der Waals surface area contributed by atoms with Gasteiger partial charge in [0.1, 0.15) is 11.6 Å². The highest BCUT2D eigenvalue weighted by Gasteiger charge is 2.32. The van der Waals surface area contributed by atoms with E-state index in [-0.39, 0.29) is 0 Å². The molecule has 1 aromatic heterocycles. The van der Waals surface area contributed by atoms with Crippen LogP contribution in [0.2, 0.25) is 0 Å². The van der Waals surface area contributed by atoms with E-state index in [4.69, 9.17) is 4.74 Å². The van der Waals surface area contributed by atoms with Gasteiger partial charge in [-0.1, -0.05) is 62.4 Å². The van der Waals surface area contributed by atoms with Crippen LogP contribution in [-0.4, -0.2) is 50.5 Å². The van der Waals surface area contributed by atoms with Crippen molar-refractivity contribution >= 4 is 17.7 Å². The summed E-state index contributed by atoms with van der Waals surface area (Å²) in [6, 6.07) is 7.27. The third kappa shape index (κ3) is 6.81. The summed E-state index contributed by atoms with van der Waals surface area (Å²) in [6.45, 7) is 2.08. The van der Waals surface area contributed by atoms with E-state index in [1.54, 1.807) is 18.9 Å². The van der Waals surface area contributed by atoms with Crippen LogP contribution in [0.3, 0.4) is 0 Å². The van der Waals surface area contributed by atoms with Gasteiger partial charge in [-0.15, -0.1) is 10.2 Å². The molecule has 1 aromatic carbocycles. The van der Waals surface area contributed by atoms with Gasteiger partial charge in [0.05, 0.1) is 12.9 Å². The summed E-state index contributed by atoms with van der Waals surface area (Å²) in [7, 11) is 3.74. The minimum absolute atomic E-state index is 0.299. The summed E-state index contributed by atoms with van der Waals surface area (Å²) in [5.74, 6) is 2.68. The fraction of sp³-hybridized carbons (Fsp3) is 0.679. The normalized spacial score (nSPS) is 17.5. The molecule has 2 fully saturated rings. The molecule has 1 amide bonds. The Morgan fingerprint density at radius 3 is 2.29 bits per heavy atom. The van der Waals surface area contributed by atoms with Gasteiger partial charge in [-0.05, 0) is 62.6 Å². The Morgan fingerprint density at radius 1 is 1.03 bits per heavy atom. The number of aromatic nitrogens is 3. The number of nitrogens with zero attached hydrogens (tertiary/aromatic N) is 4. The fourth-order valence-electron chi connectivity index (χ4n) is 5.86. The molecule has 2 aliphatic rings. The number of thioether (sulfide) groups is 1. The number of aryl methyl sites for hydroxylation is 3. The van der Waals surface area contributed by atoms with E-state index in [1.807, 2.05) is 13.1 Å². The number of rotatable bonds is 10. The minimum Gasteiger partial charge on any atom is -0.496 e. The maximum atomic E-state index is 13.5. The zero-order valence-corrected chi connectivity index (χ0v) is 22.6. The Morgan fingerprint density at radius 2 is 1.69 bits per heavy atom. The molecule has 35 heavy (non-hydrogen) atoms. The summed E-state index contributed by atoms with van der Waals surface area (Å²) in [6.07, 6.45) is 15.3. The first-order chi connectivity index (χ1) is 17.1. The van der Waals surface area contributed by atoms with Crippen LogP contribution in [0.1, 0.15) is 87.6 Å². The van der Waals surface area contributed by atoms with E-state index in [1.165, 1.54) is 75.3 Å². The highest BCUT2D eigenvalue weighted by Crippen LogP contribution is 2.31. The second-order valence-corrected chi connectivity index (χ2v) is 11.2. The van der Waals surface area contributed by atoms with Crippen molar-refractivity contribution in [2.45, 2.75) is 108 Å². The lowest BCUT2D eigenvalue weighted by Crippen LogP contribution is -2.49. The molecular formula is C28H42N4O2S. The number of hydrogen-bond acceptors (Lipinski definition) is 5. The molecule has 1 heterocycles. The molecule has 0 radical (unpaired) electrons. The second kappa shape index (κ2) is 12.8. The van der Waals surface area contributed by atoms with Crippen molar-refractivity contribution in [1.29, 1.82) is 0 Å². The smallest absolute Gasteiger partial charge is 0.233 e. The summed E-state index contributed by atoms with van der Waals surface area (Å²) in [5, 5.41) is 9.71. The van der Waals surface area contributed by atoms with Gasteiger partial charge in [0.2, 0.25) is 5.91 Å². The number of carbonyl (C=O) groups is 1. The van der Waals surface area contributed by atoms with Gasteiger partial charge >= 0.3 is 0 Å². The molecule has 2 aliphatic carbocycles. The van der Waals surface area contributed by atoms with E-state index in [9.17, 15) is 4.79 Å². The molecule has 4 rings (SSSR count). The lowest BCUT2D eigenvalue weighted by molar-refractivity contribution is -0.135. The second-order valence-electron chi connectivity index (χ2n) is 10.3. The Labute approximate surface area is 215 Å². The molecule has 0 N–H and O–H groups in total. The van der Waals surface area contributed by atoms with E-state index >= 15 is 0 Å². The first-order valence-corrected chi connectivity index (χ1v) is 14.5. The number of methoxy groups -OCH3 is 1. The Kier molecular flexibility index (Phi) is 9.52. The molecule has 0 saturated heterocycles. The van der Waals surface area contributed by atoms with Gasteiger partial charge in [-0.25, -0.2) is 0 Å². The van der Waals surface area contributed by atoms with Crippen molar-refractivity contribution in [3.63, 3.8) is 0 Å². The Hall–Kier alpha value is -2.02. The zero-order valence-electron chi connectivity index (χ0n) is 21.8. The average molecular weight is 499 g/mol. The molecule has 0 aliphatic heterocycles. The fourth-order valence-corrected chi connectivity index (χ4v) is 6.66. The summed E-state index contributed by atoms with van der Waals surface area (Å²) in [5.41, 5.74) is 2.48. The topological polar surface area (TPSA) is 60.3 Å². The molecular weight excluding hydrogens is 456 g/mol. The van der Waals surface area contributed by atoms with E-state index in [2.05, 4.69) is 38.7 Å². The van der Waals surface area contributed by atoms with E-state index < -0.39 is 0 Å². The van der Waals surface area contributed by atoms with Crippen LogP contribution in [0.5, 0.6) is 5.75 Å². The van der Waals surface area contributed by atoms with Crippen molar-refractivity contribution in [3.05, 3.63) is 35.2 Å². The highest BCUT2D eigenvalue weighted by molar-refractivity contribution is 7.99. The van der Waals surface area contributed by atoms with Gasteiger partial charge in [-0.2, -0.15) is 0 Å². The predicted molar refractivity (Wildman–Crippen MR) is 142 cm³/mol. The minimum atomic E-state index is 0.299. The van der Waals surface area contributed by atoms with Crippen LogP contribution >= 0.6 is 11.8 Å². The summed E-state index contributed by atoms with van der Waals surface area (Å²) < 4.78 is 7.44. The molecule has 0 unspecified atom stereocenters. The predicted octanol–water partition coefficient (Wildman–Crippen LogP) is 5.89. The average Bonchev–Trinajstić information content (AvgIpc) is 3.23. The monoisotopic (exact) mass is 498 g/mol. The summed E-state index contributed by atoms with van der Waals surface area (Å²) in [4.78, 5) is 15.8. The van der Waals surface area contributed by atoms with Crippen LogP contribution < -0.4 is 4.74 Å². The Balaban J connectivity index is 1.31. The first kappa shape index (κ1) is 26.1. The number of hydrogen-bond donors (Lipinski definition) is 0. The molecule has 0 atom stereocenters. The number of carbonyl (C=O) groups excluding carboxylic acids is 1. The van der Waals surface area contributed by atoms with Crippen LogP contribution in [0.15, 0.2) is 23.4 Å². The quantitative estimate of drug-likeness (QED) is 0.382. The van der Waals surface area contributed by atoms with Gasteiger partial charge in [0.25, 0.3) is 0 Å². The van der Waals surface area contributed by atoms with Gasteiger partial charge in [-0.3, -0.25) is 4.79 Å². The van der Waals surface area contributed by atoms with Crippen molar-refractivity contribution in [3.8, 4) is 5.75 Å². The molecule has 7 heteroatoms. The third-order valence-corrected chi connectivity index (χ3v) is 8.80. The largest absolute Gasteiger partial charge is 0.496 e. The number of ether oxygens (including phenoxy) is 1. The van der Waals surface area contributed by atoms with Crippen LogP contribution in [0.4, 0.5) is 0 Å². The van der Waals surface area contributed by atoms with E-state index in [0.29, 0.717) is 23.7 Å². The standard InChI is InChI=1S/C28H42N4O2S/c1-21-19-22(17-18-25(21)34-3)11-10-16-26-29-30-28(31(26)2)35-20-27(33)32(23-12-6-4-7-13-23)24-14-8-5-9-15-24/h17-19,23-24H,4-16,20H2,1-3H3. The van der Waals surface area contributed by atoms with Crippen LogP contribution in [0, 0.1) is 6.92 Å². The number of benzene rings is 1. The molecule has 6 nitrogen and oxygen atoms in total. The molecule has 0 bridgehead atoms. The maximum absolute atomic E-state index is 13.5. The first-order valence-electron chi connectivity index (χ1n) is 13.5. The molecule has 2 saturated carbocycles. The van der Waals surface area contributed by atoms with Crippen LogP contribution in [0.25, 0.3) is 0 Å². The van der Waals surface area contributed by atoms with Gasteiger partial charge in [0, 0.05) is 25.6 Å². The van der Waals surface area contributed by atoms with Gasteiger partial charge in [0.15, 0.2) is 5.16 Å². The van der Waals surface area contributed by atoms with Crippen molar-refractivity contribution in [2.75, 3.05) is 12.9 Å². The van der Waals surface area contributed by atoms with Crippen molar-refractivity contribution < 1.29 is 9.53 Å². The highest BCUT2D eigenvalue weighted by atomic mass is 32.2. The maximum Gasteiger partial charge on any atom is 0.233 e. The van der Waals surface area contributed by atoms with Crippen molar-refractivity contribution in [2.24, 2.45) is 7.05 Å². The van der Waals surface area contributed by atoms with E-state index in [0.717, 1.165) is 36.0 Å². The lowest BCUT2D eigenvalue weighted by Gasteiger charge is -2.41.